The summed E-state index contributed by atoms with van der Waals surface area (Å²) in [6, 6.07) is 16.2. The van der Waals surface area contributed by atoms with Crippen molar-refractivity contribution in [2.45, 2.75) is 64.7 Å². The second kappa shape index (κ2) is 15.2. The largest absolute Gasteiger partial charge is 0.464 e. The third-order valence-corrected chi connectivity index (χ3v) is 8.00. The normalized spacial score (nSPS) is 19.9. The number of rotatable bonds is 0. The molecule has 8 bridgehead atoms. The molecule has 4 N–H and O–H groups in total. The molecule has 0 radical (unpaired) electrons. The number of hydrogen-bond acceptors (Lipinski definition) is 10. The fourth-order valence-electron chi connectivity index (χ4n) is 5.11. The zero-order valence-electron chi connectivity index (χ0n) is 26.6. The summed E-state index contributed by atoms with van der Waals surface area (Å²) in [6.07, 6.45) is 0. The summed E-state index contributed by atoms with van der Waals surface area (Å²) in [4.78, 5) is 0. The second-order valence-corrected chi connectivity index (χ2v) is 12.2. The predicted molar refractivity (Wildman–Crippen MR) is 168 cm³/mol. The Kier molecular flexibility index (Phi) is 11.2. The van der Waals surface area contributed by atoms with Crippen molar-refractivity contribution >= 4 is 0 Å². The maximum Gasteiger partial charge on any atom is 0.118 e. The Hall–Kier alpha value is -3.12. The molecule has 5 heterocycles. The van der Waals surface area contributed by atoms with Gasteiger partial charge in [-0.15, -0.1) is 0 Å². The quantitative estimate of drug-likeness (QED) is 0.221. The Morgan fingerprint density at radius 1 is 0.409 bits per heavy atom. The lowest BCUT2D eigenvalue weighted by Crippen LogP contribution is -2.23. The highest BCUT2D eigenvalue weighted by molar-refractivity contribution is 5.29. The minimum Gasteiger partial charge on any atom is -0.464 e. The third kappa shape index (κ3) is 8.53. The van der Waals surface area contributed by atoms with Gasteiger partial charge in [-0.1, -0.05) is 0 Å². The molecular weight excluding hydrogens is 560 g/mol. The van der Waals surface area contributed by atoms with Gasteiger partial charge in [0, 0.05) is 26.2 Å². The topological polar surface area (TPSA) is 119 Å². The monoisotopic (exact) mass is 608 g/mol. The predicted octanol–water partition coefficient (Wildman–Crippen LogP) is 4.82. The highest BCUT2D eigenvalue weighted by Gasteiger charge is 2.31. The number of fused-ring (bicyclic) bond motifs is 8. The van der Waals surface area contributed by atoms with Gasteiger partial charge in [0.15, 0.2) is 0 Å². The molecular formula is C34H48N4O6. The van der Waals surface area contributed by atoms with Crippen LogP contribution in [0.15, 0.2) is 66.2 Å². The Balaban J connectivity index is 1.15. The minimum atomic E-state index is -0.383. The SMILES string of the molecule is CC1(C)c2ccc(o2)CNCCOCCNCc2ccc(o2)C(C)(C)c2ccc(o2)CNCCOCCNCc2ccc1o2. The van der Waals surface area contributed by atoms with Crippen molar-refractivity contribution in [1.29, 1.82) is 0 Å². The standard InChI is InChI=1S/C34H48N4O6/c1-33(2)29-9-5-25(41-29)21-35-13-17-39-19-15-37-23-27-7-11-31(43-27)34(3,4)32-12-8-28(44-32)24-38-16-20-40-18-14-36-22-26-6-10-30(33)42-26/h5-12,35-38H,13-24H2,1-4H3. The summed E-state index contributed by atoms with van der Waals surface area (Å²) in [5, 5.41) is 13.6. The van der Waals surface area contributed by atoms with Gasteiger partial charge in [-0.25, -0.2) is 0 Å². The van der Waals surface area contributed by atoms with Crippen LogP contribution < -0.4 is 21.3 Å². The zero-order chi connectivity index (χ0) is 30.8. The molecule has 0 aliphatic carbocycles. The average molecular weight is 609 g/mol. The summed E-state index contributed by atoms with van der Waals surface area (Å²) in [5.41, 5.74) is -0.766. The third-order valence-electron chi connectivity index (χ3n) is 8.00. The van der Waals surface area contributed by atoms with E-state index in [0.717, 1.165) is 72.3 Å². The lowest BCUT2D eigenvalue weighted by Gasteiger charge is -2.19. The van der Waals surface area contributed by atoms with Gasteiger partial charge in [-0.2, -0.15) is 0 Å². The van der Waals surface area contributed by atoms with Crippen LogP contribution >= 0.6 is 0 Å². The summed E-state index contributed by atoms with van der Waals surface area (Å²) in [7, 11) is 0. The first-order chi connectivity index (χ1) is 21.3. The van der Waals surface area contributed by atoms with E-state index in [9.17, 15) is 0 Å². The van der Waals surface area contributed by atoms with Crippen LogP contribution in [0.25, 0.3) is 0 Å². The van der Waals surface area contributed by atoms with E-state index < -0.39 is 0 Å². The van der Waals surface area contributed by atoms with Gasteiger partial charge in [-0.05, 0) is 76.2 Å². The van der Waals surface area contributed by atoms with Crippen LogP contribution in [0.4, 0.5) is 0 Å². The Labute approximate surface area is 260 Å². The molecule has 1 aliphatic rings. The van der Waals surface area contributed by atoms with E-state index in [4.69, 9.17) is 27.1 Å². The van der Waals surface area contributed by atoms with Crippen LogP contribution in [0.1, 0.15) is 73.8 Å². The van der Waals surface area contributed by atoms with Crippen molar-refractivity contribution in [3.63, 3.8) is 0 Å². The van der Waals surface area contributed by atoms with Crippen molar-refractivity contribution in [2.75, 3.05) is 52.6 Å². The molecule has 0 amide bonds. The molecule has 44 heavy (non-hydrogen) atoms. The minimum absolute atomic E-state index is 0.383. The molecule has 4 aromatic rings. The van der Waals surface area contributed by atoms with Crippen LogP contribution in [0, 0.1) is 0 Å². The van der Waals surface area contributed by atoms with Gasteiger partial charge in [0.05, 0.1) is 63.4 Å². The van der Waals surface area contributed by atoms with Gasteiger partial charge in [0.2, 0.25) is 0 Å². The van der Waals surface area contributed by atoms with E-state index in [1.807, 2.05) is 48.5 Å². The van der Waals surface area contributed by atoms with Gasteiger partial charge >= 0.3 is 0 Å². The molecule has 4 aromatic heterocycles. The van der Waals surface area contributed by atoms with Crippen LogP contribution in [0.2, 0.25) is 0 Å². The average Bonchev–Trinajstić information content (AvgIpc) is 3.82. The first-order valence-corrected chi connectivity index (χ1v) is 15.7. The summed E-state index contributed by atoms with van der Waals surface area (Å²) in [6.45, 7) is 16.4. The van der Waals surface area contributed by atoms with E-state index in [0.29, 0.717) is 52.6 Å². The van der Waals surface area contributed by atoms with E-state index in [2.05, 4.69) is 49.0 Å². The molecule has 0 saturated heterocycles. The van der Waals surface area contributed by atoms with Crippen LogP contribution in [-0.4, -0.2) is 52.6 Å². The van der Waals surface area contributed by atoms with E-state index >= 15 is 0 Å². The molecule has 0 unspecified atom stereocenters. The highest BCUT2D eigenvalue weighted by atomic mass is 16.5. The van der Waals surface area contributed by atoms with Crippen LogP contribution in [0.3, 0.4) is 0 Å². The van der Waals surface area contributed by atoms with Crippen molar-refractivity contribution in [3.8, 4) is 0 Å². The molecule has 240 valence electrons. The van der Waals surface area contributed by atoms with Crippen molar-refractivity contribution in [1.82, 2.24) is 21.3 Å². The molecule has 10 nitrogen and oxygen atoms in total. The first kappa shape index (κ1) is 32.3. The Morgan fingerprint density at radius 2 is 0.659 bits per heavy atom. The molecule has 0 fully saturated rings. The molecule has 0 atom stereocenters. The van der Waals surface area contributed by atoms with Crippen molar-refractivity contribution in [3.05, 3.63) is 94.6 Å². The maximum absolute atomic E-state index is 6.18. The maximum atomic E-state index is 6.18. The molecule has 0 aromatic carbocycles. The van der Waals surface area contributed by atoms with Crippen LogP contribution in [-0.2, 0) is 46.5 Å². The second-order valence-electron chi connectivity index (χ2n) is 12.2. The van der Waals surface area contributed by atoms with E-state index in [1.54, 1.807) is 0 Å². The fraction of sp³-hybridized carbons (Fsp3) is 0.529. The van der Waals surface area contributed by atoms with E-state index in [-0.39, 0.29) is 10.8 Å². The van der Waals surface area contributed by atoms with Gasteiger partial charge < -0.3 is 48.4 Å². The lowest BCUT2D eigenvalue weighted by molar-refractivity contribution is 0.136. The van der Waals surface area contributed by atoms with Crippen LogP contribution in [0.5, 0.6) is 0 Å². The van der Waals surface area contributed by atoms with Gasteiger partial charge in [0.1, 0.15) is 46.1 Å². The lowest BCUT2D eigenvalue weighted by atomic mass is 9.87. The van der Waals surface area contributed by atoms with Gasteiger partial charge in [-0.3, -0.25) is 0 Å². The van der Waals surface area contributed by atoms with Crippen molar-refractivity contribution in [2.24, 2.45) is 0 Å². The van der Waals surface area contributed by atoms with Gasteiger partial charge in [0.25, 0.3) is 0 Å². The smallest absolute Gasteiger partial charge is 0.118 e. The Morgan fingerprint density at radius 3 is 0.909 bits per heavy atom. The molecule has 5 rings (SSSR count). The zero-order valence-corrected chi connectivity index (χ0v) is 26.6. The number of nitrogens with one attached hydrogen (secondary N) is 4. The number of furan rings is 4. The number of hydrogen-bond donors (Lipinski definition) is 4. The Bertz CT molecular complexity index is 1210. The fourth-order valence-corrected chi connectivity index (χ4v) is 5.11. The summed E-state index contributed by atoms with van der Waals surface area (Å²) >= 11 is 0. The van der Waals surface area contributed by atoms with E-state index in [1.165, 1.54) is 0 Å². The molecule has 10 heteroatoms. The summed E-state index contributed by atoms with van der Waals surface area (Å²) < 4.78 is 36.3. The highest BCUT2D eigenvalue weighted by Crippen LogP contribution is 2.35. The molecule has 0 saturated carbocycles. The molecule has 1 aliphatic heterocycles. The molecule has 0 spiro atoms. The summed E-state index contributed by atoms with van der Waals surface area (Å²) in [5.74, 6) is 7.04. The number of ether oxygens (including phenoxy) is 2. The van der Waals surface area contributed by atoms with Crippen molar-refractivity contribution < 1.29 is 27.1 Å². The first-order valence-electron chi connectivity index (χ1n) is 15.7.